The zero-order valence-corrected chi connectivity index (χ0v) is 14.2. The summed E-state index contributed by atoms with van der Waals surface area (Å²) in [5.74, 6) is -1.96. The van der Waals surface area contributed by atoms with E-state index in [1.54, 1.807) is 20.8 Å². The van der Waals surface area contributed by atoms with Crippen molar-refractivity contribution in [2.75, 3.05) is 13.1 Å². The maximum atomic E-state index is 13.4. The van der Waals surface area contributed by atoms with Crippen LogP contribution in [-0.4, -0.2) is 40.9 Å². The Kier molecular flexibility index (Phi) is 5.32. The van der Waals surface area contributed by atoms with Gasteiger partial charge in [-0.3, -0.25) is 0 Å². The molecule has 25 heavy (non-hydrogen) atoms. The van der Waals surface area contributed by atoms with Gasteiger partial charge in [0.15, 0.2) is 0 Å². The number of hydrogen-bond acceptors (Lipinski definition) is 3. The number of benzene rings is 1. The van der Waals surface area contributed by atoms with Crippen LogP contribution in [0.2, 0.25) is 0 Å². The van der Waals surface area contributed by atoms with E-state index in [-0.39, 0.29) is 25.1 Å². The number of amides is 1. The molecule has 1 aromatic carbocycles. The number of hydrogen-bond donors (Lipinski definition) is 1. The lowest BCUT2D eigenvalue weighted by Crippen LogP contribution is -2.47. The topological polar surface area (TPSA) is 49.8 Å². The van der Waals surface area contributed by atoms with E-state index >= 15 is 0 Å². The summed E-state index contributed by atoms with van der Waals surface area (Å²) >= 11 is 0. The van der Waals surface area contributed by atoms with Crippen LogP contribution in [0.15, 0.2) is 18.2 Å². The second-order valence-electron chi connectivity index (χ2n) is 7.13. The first kappa shape index (κ1) is 19.5. The molecule has 0 spiro atoms. The van der Waals surface area contributed by atoms with Crippen molar-refractivity contribution >= 4 is 6.09 Å². The molecule has 2 atom stereocenters. The van der Waals surface area contributed by atoms with Gasteiger partial charge in [0.2, 0.25) is 0 Å². The third-order valence-corrected chi connectivity index (χ3v) is 3.96. The molecule has 1 saturated heterocycles. The highest BCUT2D eigenvalue weighted by molar-refractivity contribution is 5.68. The fourth-order valence-corrected chi connectivity index (χ4v) is 2.80. The molecule has 1 N–H and O–H groups in total. The monoisotopic (exact) mass is 363 g/mol. The average molecular weight is 363 g/mol. The van der Waals surface area contributed by atoms with E-state index in [1.165, 1.54) is 11.0 Å². The van der Waals surface area contributed by atoms with E-state index < -0.39 is 41.3 Å². The highest BCUT2D eigenvalue weighted by atomic mass is 19.4. The molecule has 0 unspecified atom stereocenters. The van der Waals surface area contributed by atoms with Gasteiger partial charge in [0, 0.05) is 12.5 Å². The number of ether oxygens (including phenoxy) is 1. The van der Waals surface area contributed by atoms with Crippen LogP contribution in [0.25, 0.3) is 0 Å². The molecular weight excluding hydrogens is 342 g/mol. The lowest BCUT2D eigenvalue weighted by Gasteiger charge is -2.37. The van der Waals surface area contributed by atoms with Gasteiger partial charge in [0.25, 0.3) is 0 Å². The highest BCUT2D eigenvalue weighted by Gasteiger charge is 2.37. The molecule has 1 heterocycles. The summed E-state index contributed by atoms with van der Waals surface area (Å²) in [7, 11) is 0. The first-order chi connectivity index (χ1) is 11.4. The summed E-state index contributed by atoms with van der Waals surface area (Å²) in [6.45, 7) is 5.31. The molecule has 4 nitrogen and oxygen atoms in total. The SMILES string of the molecule is CC(C)(C)OC(=O)N1CC[C@H](c2ccc(F)c(C(F)(F)F)c2)[C@H](O)C1. The van der Waals surface area contributed by atoms with Crippen LogP contribution in [0.1, 0.15) is 44.2 Å². The standard InChI is InChI=1S/C17H21F4NO3/c1-16(2,3)25-15(24)22-7-6-11(14(23)9-22)10-4-5-13(18)12(8-10)17(19,20)21/h4-5,8,11,14,23H,6-7,9H2,1-3H3/t11-,14-/m1/s1. The molecule has 1 aromatic rings. The number of carbonyl (C=O) groups is 1. The van der Waals surface area contributed by atoms with Crippen molar-refractivity contribution in [3.05, 3.63) is 35.1 Å². The zero-order valence-electron chi connectivity index (χ0n) is 14.2. The number of β-amino-alcohol motifs (C(OH)–C–C–N with tert-alkyl or cyclic N) is 1. The van der Waals surface area contributed by atoms with Crippen LogP contribution < -0.4 is 0 Å². The number of nitrogens with zero attached hydrogens (tertiary/aromatic N) is 1. The Morgan fingerprint density at radius 2 is 1.92 bits per heavy atom. The van der Waals surface area contributed by atoms with E-state index in [1.807, 2.05) is 0 Å². The molecule has 8 heteroatoms. The first-order valence-corrected chi connectivity index (χ1v) is 7.91. The first-order valence-electron chi connectivity index (χ1n) is 7.91. The normalized spacial score (nSPS) is 22.0. The molecular formula is C17H21F4NO3. The van der Waals surface area contributed by atoms with Crippen molar-refractivity contribution in [3.8, 4) is 0 Å². The van der Waals surface area contributed by atoms with Crippen molar-refractivity contribution in [3.63, 3.8) is 0 Å². The number of aliphatic hydroxyl groups excluding tert-OH is 1. The minimum atomic E-state index is -4.80. The summed E-state index contributed by atoms with van der Waals surface area (Å²) in [6, 6.07) is 2.72. The van der Waals surface area contributed by atoms with Gasteiger partial charge in [-0.15, -0.1) is 0 Å². The summed E-state index contributed by atoms with van der Waals surface area (Å²) < 4.78 is 57.2. The summed E-state index contributed by atoms with van der Waals surface area (Å²) in [4.78, 5) is 13.3. The van der Waals surface area contributed by atoms with Gasteiger partial charge in [-0.1, -0.05) is 6.07 Å². The third kappa shape index (κ3) is 4.84. The Labute approximate surface area is 143 Å². The van der Waals surface area contributed by atoms with Crippen LogP contribution in [0.3, 0.4) is 0 Å². The Hall–Kier alpha value is -1.83. The molecule has 0 aliphatic carbocycles. The lowest BCUT2D eigenvalue weighted by molar-refractivity contribution is -0.140. The van der Waals surface area contributed by atoms with Gasteiger partial charge in [0.05, 0.1) is 18.2 Å². The molecule has 140 valence electrons. The largest absolute Gasteiger partial charge is 0.444 e. The maximum absolute atomic E-state index is 13.4. The average Bonchev–Trinajstić information content (AvgIpc) is 2.45. The molecule has 2 rings (SSSR count). The Morgan fingerprint density at radius 3 is 2.44 bits per heavy atom. The van der Waals surface area contributed by atoms with Crippen LogP contribution in [0.4, 0.5) is 22.4 Å². The highest BCUT2D eigenvalue weighted by Crippen LogP contribution is 2.36. The number of piperidine rings is 1. The summed E-state index contributed by atoms with van der Waals surface area (Å²) in [6.07, 6.45) is -6.20. The minimum Gasteiger partial charge on any atom is -0.444 e. The van der Waals surface area contributed by atoms with E-state index in [4.69, 9.17) is 4.74 Å². The Balaban J connectivity index is 2.13. The van der Waals surface area contributed by atoms with Gasteiger partial charge in [-0.05, 0) is 44.9 Å². The summed E-state index contributed by atoms with van der Waals surface area (Å²) in [5, 5.41) is 10.3. The van der Waals surface area contributed by atoms with Gasteiger partial charge in [-0.25, -0.2) is 9.18 Å². The number of carbonyl (C=O) groups excluding carboxylic acids is 1. The number of likely N-dealkylation sites (tertiary alicyclic amines) is 1. The van der Waals surface area contributed by atoms with Gasteiger partial charge < -0.3 is 14.7 Å². The second-order valence-corrected chi connectivity index (χ2v) is 7.13. The Morgan fingerprint density at radius 1 is 1.28 bits per heavy atom. The van der Waals surface area contributed by atoms with Crippen LogP contribution in [0, 0.1) is 5.82 Å². The fraction of sp³-hybridized carbons (Fsp3) is 0.588. The number of alkyl halides is 3. The van der Waals surface area contributed by atoms with Crippen molar-refractivity contribution in [2.24, 2.45) is 0 Å². The quantitative estimate of drug-likeness (QED) is 0.769. The molecule has 0 radical (unpaired) electrons. The number of rotatable bonds is 1. The van der Waals surface area contributed by atoms with Crippen molar-refractivity contribution < 1.29 is 32.2 Å². The predicted molar refractivity (Wildman–Crippen MR) is 82.6 cm³/mol. The fourth-order valence-electron chi connectivity index (χ4n) is 2.80. The predicted octanol–water partition coefficient (Wildman–Crippen LogP) is 3.93. The van der Waals surface area contributed by atoms with Gasteiger partial charge >= 0.3 is 12.3 Å². The number of halogens is 4. The van der Waals surface area contributed by atoms with Crippen molar-refractivity contribution in [1.82, 2.24) is 4.90 Å². The van der Waals surface area contributed by atoms with E-state index in [2.05, 4.69) is 0 Å². The number of aliphatic hydroxyl groups is 1. The lowest BCUT2D eigenvalue weighted by atomic mass is 9.86. The van der Waals surface area contributed by atoms with Crippen LogP contribution >= 0.6 is 0 Å². The molecule has 0 bridgehead atoms. The van der Waals surface area contributed by atoms with Crippen molar-refractivity contribution in [1.29, 1.82) is 0 Å². The zero-order chi connectivity index (χ0) is 19.0. The minimum absolute atomic E-state index is 0.0572. The van der Waals surface area contributed by atoms with Crippen LogP contribution in [0.5, 0.6) is 0 Å². The van der Waals surface area contributed by atoms with Crippen LogP contribution in [-0.2, 0) is 10.9 Å². The second kappa shape index (κ2) is 6.82. The molecule has 1 fully saturated rings. The van der Waals surface area contributed by atoms with Gasteiger partial charge in [0.1, 0.15) is 11.4 Å². The van der Waals surface area contributed by atoms with Gasteiger partial charge in [-0.2, -0.15) is 13.2 Å². The maximum Gasteiger partial charge on any atom is 0.419 e. The summed E-state index contributed by atoms with van der Waals surface area (Å²) in [5.41, 5.74) is -1.84. The Bertz CT molecular complexity index is 640. The smallest absolute Gasteiger partial charge is 0.419 e. The van der Waals surface area contributed by atoms with E-state index in [9.17, 15) is 27.5 Å². The molecule has 1 aliphatic rings. The van der Waals surface area contributed by atoms with Crippen molar-refractivity contribution in [2.45, 2.75) is 51.0 Å². The molecule has 0 saturated carbocycles. The molecule has 1 aliphatic heterocycles. The van der Waals surface area contributed by atoms with E-state index in [0.717, 1.165) is 12.1 Å². The molecule has 1 amide bonds. The third-order valence-electron chi connectivity index (χ3n) is 3.96. The molecule has 0 aromatic heterocycles. The van der Waals surface area contributed by atoms with E-state index in [0.29, 0.717) is 0 Å².